The number of rotatable bonds is 9. The van der Waals surface area contributed by atoms with Crippen molar-refractivity contribution in [1.82, 2.24) is 0 Å². The summed E-state index contributed by atoms with van der Waals surface area (Å²) in [5.41, 5.74) is 6.09. The molecule has 0 aliphatic heterocycles. The van der Waals surface area contributed by atoms with Gasteiger partial charge in [0, 0.05) is 6.61 Å². The highest BCUT2D eigenvalue weighted by atomic mass is 19.4. The van der Waals surface area contributed by atoms with E-state index in [-0.39, 0.29) is 12.0 Å². The molecule has 0 atom stereocenters. The smallest absolute Gasteiger partial charge is 0.372 e. The number of hydrogen-bond acceptors (Lipinski definition) is 2. The molecule has 2 N–H and O–H groups in total. The predicted octanol–water partition coefficient (Wildman–Crippen LogP) is 4.67. The molecule has 0 bridgehead atoms. The van der Waals surface area contributed by atoms with Gasteiger partial charge in [-0.15, -0.1) is 0 Å². The summed E-state index contributed by atoms with van der Waals surface area (Å²) in [4.78, 5) is 0. The maximum Gasteiger partial charge on any atom is 0.411 e. The Hall–Kier alpha value is -0.290. The van der Waals surface area contributed by atoms with Gasteiger partial charge in [-0.25, -0.2) is 0 Å². The van der Waals surface area contributed by atoms with Crippen molar-refractivity contribution in [3.05, 3.63) is 0 Å². The fourth-order valence-corrected chi connectivity index (χ4v) is 3.36. The lowest BCUT2D eigenvalue weighted by Crippen LogP contribution is -2.35. The molecule has 1 fully saturated rings. The third-order valence-corrected chi connectivity index (χ3v) is 4.83. The Kier molecular flexibility index (Phi) is 8.03. The number of halogens is 3. The van der Waals surface area contributed by atoms with Gasteiger partial charge < -0.3 is 10.5 Å². The second kappa shape index (κ2) is 8.99. The van der Waals surface area contributed by atoms with Gasteiger partial charge in [-0.05, 0) is 56.4 Å². The Morgan fingerprint density at radius 3 is 2.38 bits per heavy atom. The normalized spacial score (nSPS) is 27.0. The zero-order chi connectivity index (χ0) is 15.8. The molecule has 0 saturated heterocycles. The Balaban J connectivity index is 2.22. The van der Waals surface area contributed by atoms with Gasteiger partial charge in [0.1, 0.15) is 6.61 Å². The van der Waals surface area contributed by atoms with Gasteiger partial charge in [0.2, 0.25) is 0 Å². The van der Waals surface area contributed by atoms with Crippen LogP contribution >= 0.6 is 0 Å². The van der Waals surface area contributed by atoms with Crippen molar-refractivity contribution in [2.24, 2.45) is 17.1 Å². The zero-order valence-electron chi connectivity index (χ0n) is 13.2. The van der Waals surface area contributed by atoms with E-state index < -0.39 is 12.8 Å². The minimum absolute atomic E-state index is 0.143. The third kappa shape index (κ3) is 7.50. The molecule has 1 rings (SSSR count). The SMILES string of the molecule is CCCCC1CCC(CN)(CCCOCC(F)(F)F)CC1. The van der Waals surface area contributed by atoms with Crippen LogP contribution in [0.25, 0.3) is 0 Å². The lowest BCUT2D eigenvalue weighted by Gasteiger charge is -2.39. The van der Waals surface area contributed by atoms with Crippen LogP contribution in [0.1, 0.15) is 64.7 Å². The van der Waals surface area contributed by atoms with E-state index >= 15 is 0 Å². The van der Waals surface area contributed by atoms with Crippen molar-refractivity contribution in [2.75, 3.05) is 19.8 Å². The van der Waals surface area contributed by atoms with Crippen molar-refractivity contribution in [1.29, 1.82) is 0 Å². The lowest BCUT2D eigenvalue weighted by molar-refractivity contribution is -0.174. The first-order chi connectivity index (χ1) is 9.91. The van der Waals surface area contributed by atoms with Crippen LogP contribution < -0.4 is 5.73 Å². The summed E-state index contributed by atoms with van der Waals surface area (Å²) in [6.45, 7) is 1.91. The van der Waals surface area contributed by atoms with Crippen LogP contribution in [0.5, 0.6) is 0 Å². The Bertz CT molecular complexity index is 273. The quantitative estimate of drug-likeness (QED) is 0.628. The van der Waals surface area contributed by atoms with Gasteiger partial charge in [-0.3, -0.25) is 0 Å². The first-order valence-electron chi connectivity index (χ1n) is 8.25. The van der Waals surface area contributed by atoms with E-state index in [0.717, 1.165) is 25.2 Å². The van der Waals surface area contributed by atoms with Crippen LogP contribution in [0.15, 0.2) is 0 Å². The van der Waals surface area contributed by atoms with E-state index in [2.05, 4.69) is 11.7 Å². The number of alkyl halides is 3. The fraction of sp³-hybridized carbons (Fsp3) is 1.00. The van der Waals surface area contributed by atoms with E-state index in [1.165, 1.54) is 32.1 Å². The van der Waals surface area contributed by atoms with Crippen LogP contribution in [-0.2, 0) is 4.74 Å². The molecule has 0 amide bonds. The van der Waals surface area contributed by atoms with Crippen LogP contribution in [0, 0.1) is 11.3 Å². The topological polar surface area (TPSA) is 35.2 Å². The monoisotopic (exact) mass is 309 g/mol. The van der Waals surface area contributed by atoms with Crippen molar-refractivity contribution in [3.63, 3.8) is 0 Å². The van der Waals surface area contributed by atoms with Crippen molar-refractivity contribution < 1.29 is 17.9 Å². The molecule has 126 valence electrons. The van der Waals surface area contributed by atoms with Crippen molar-refractivity contribution in [3.8, 4) is 0 Å². The summed E-state index contributed by atoms with van der Waals surface area (Å²) >= 11 is 0. The van der Waals surface area contributed by atoms with Gasteiger partial charge in [-0.1, -0.05) is 26.2 Å². The number of hydrogen-bond donors (Lipinski definition) is 1. The molecule has 0 spiro atoms. The molecule has 21 heavy (non-hydrogen) atoms. The summed E-state index contributed by atoms with van der Waals surface area (Å²) in [6, 6.07) is 0. The van der Waals surface area contributed by atoms with Crippen molar-refractivity contribution >= 4 is 0 Å². The summed E-state index contributed by atoms with van der Waals surface area (Å²) in [6.07, 6.45) is 5.89. The molecule has 0 radical (unpaired) electrons. The number of nitrogens with two attached hydrogens (primary N) is 1. The predicted molar refractivity (Wildman–Crippen MR) is 79.1 cm³/mol. The van der Waals surface area contributed by atoms with Crippen LogP contribution in [0.3, 0.4) is 0 Å². The Labute approximate surface area is 126 Å². The first kappa shape index (κ1) is 18.8. The van der Waals surface area contributed by atoms with Crippen LogP contribution in [-0.4, -0.2) is 25.9 Å². The van der Waals surface area contributed by atoms with E-state index in [0.29, 0.717) is 13.0 Å². The van der Waals surface area contributed by atoms with Gasteiger partial charge in [0.05, 0.1) is 0 Å². The minimum atomic E-state index is -4.22. The van der Waals surface area contributed by atoms with E-state index in [1.54, 1.807) is 0 Å². The molecule has 5 heteroatoms. The average molecular weight is 309 g/mol. The Morgan fingerprint density at radius 1 is 1.19 bits per heavy atom. The largest absolute Gasteiger partial charge is 0.411 e. The Morgan fingerprint density at radius 2 is 1.86 bits per heavy atom. The van der Waals surface area contributed by atoms with Gasteiger partial charge in [-0.2, -0.15) is 13.2 Å². The van der Waals surface area contributed by atoms with E-state index in [4.69, 9.17) is 5.73 Å². The third-order valence-electron chi connectivity index (χ3n) is 4.83. The van der Waals surface area contributed by atoms with Gasteiger partial charge in [0.15, 0.2) is 0 Å². The highest BCUT2D eigenvalue weighted by molar-refractivity contribution is 4.86. The summed E-state index contributed by atoms with van der Waals surface area (Å²) < 4.78 is 40.6. The molecule has 1 saturated carbocycles. The maximum absolute atomic E-state index is 12.0. The second-order valence-electron chi connectivity index (χ2n) is 6.56. The molecule has 0 aromatic carbocycles. The molecular weight excluding hydrogens is 279 g/mol. The molecule has 0 heterocycles. The molecule has 1 aliphatic carbocycles. The summed E-state index contributed by atoms with van der Waals surface area (Å²) in [7, 11) is 0. The minimum Gasteiger partial charge on any atom is -0.372 e. The molecule has 0 aromatic heterocycles. The highest BCUT2D eigenvalue weighted by Crippen LogP contribution is 2.43. The van der Waals surface area contributed by atoms with Crippen LogP contribution in [0.2, 0.25) is 0 Å². The van der Waals surface area contributed by atoms with Crippen molar-refractivity contribution in [2.45, 2.75) is 70.9 Å². The van der Waals surface area contributed by atoms with Gasteiger partial charge in [0.25, 0.3) is 0 Å². The van der Waals surface area contributed by atoms with Crippen LogP contribution in [0.4, 0.5) is 13.2 Å². The standard InChI is InChI=1S/C16H30F3NO/c1-2-3-5-14-6-9-15(12-20,10-7-14)8-4-11-21-13-16(17,18)19/h14H,2-13,20H2,1H3. The lowest BCUT2D eigenvalue weighted by atomic mass is 9.67. The first-order valence-corrected chi connectivity index (χ1v) is 8.25. The second-order valence-corrected chi connectivity index (χ2v) is 6.56. The highest BCUT2D eigenvalue weighted by Gasteiger charge is 2.33. The van der Waals surface area contributed by atoms with E-state index in [9.17, 15) is 13.2 Å². The fourth-order valence-electron chi connectivity index (χ4n) is 3.36. The molecular formula is C16H30F3NO. The molecule has 0 aromatic rings. The zero-order valence-corrected chi connectivity index (χ0v) is 13.2. The number of unbranched alkanes of at least 4 members (excludes halogenated alkanes) is 1. The van der Waals surface area contributed by atoms with E-state index in [1.807, 2.05) is 0 Å². The maximum atomic E-state index is 12.0. The summed E-state index contributed by atoms with van der Waals surface area (Å²) in [5.74, 6) is 0.825. The molecule has 2 nitrogen and oxygen atoms in total. The van der Waals surface area contributed by atoms with Gasteiger partial charge >= 0.3 is 6.18 Å². The molecule has 0 unspecified atom stereocenters. The number of ether oxygens (including phenoxy) is 1. The average Bonchev–Trinajstić information content (AvgIpc) is 2.45. The molecule has 1 aliphatic rings. The summed E-state index contributed by atoms with van der Waals surface area (Å²) in [5, 5.41) is 0.